The van der Waals surface area contributed by atoms with Crippen molar-refractivity contribution in [2.24, 2.45) is 0 Å². The summed E-state index contributed by atoms with van der Waals surface area (Å²) >= 11 is 5.62. The Hall–Kier alpha value is -0.560. The third-order valence-corrected chi connectivity index (χ3v) is 1.67. The fraction of sp³-hybridized carbons (Fsp3) is 0.250. The molecule has 1 aromatic rings. The average molecular weight is 159 g/mol. The van der Waals surface area contributed by atoms with Crippen LogP contribution in [-0.2, 0) is 0 Å². The van der Waals surface area contributed by atoms with Crippen LogP contribution in [0.2, 0.25) is 0 Å². The second kappa shape index (κ2) is 3.57. The van der Waals surface area contributed by atoms with E-state index in [1.54, 1.807) is 0 Å². The van der Waals surface area contributed by atoms with Gasteiger partial charge < -0.3 is 0 Å². The van der Waals surface area contributed by atoms with Crippen molar-refractivity contribution >= 4 is 11.6 Å². The van der Waals surface area contributed by atoms with Crippen LogP contribution >= 0.6 is 11.6 Å². The zero-order valence-corrected chi connectivity index (χ0v) is 6.18. The molecule has 0 amide bonds. The van der Waals surface area contributed by atoms with Crippen molar-refractivity contribution < 1.29 is 4.39 Å². The van der Waals surface area contributed by atoms with Crippen molar-refractivity contribution in [3.8, 4) is 0 Å². The van der Waals surface area contributed by atoms with E-state index in [-0.39, 0.29) is 0 Å². The minimum Gasteiger partial charge on any atom is -0.249 e. The van der Waals surface area contributed by atoms with E-state index in [1.807, 2.05) is 30.3 Å². The highest BCUT2D eigenvalue weighted by Crippen LogP contribution is 2.19. The second-order valence-electron chi connectivity index (χ2n) is 2.03. The molecule has 0 saturated heterocycles. The van der Waals surface area contributed by atoms with Gasteiger partial charge in [-0.3, -0.25) is 0 Å². The number of hydrogen-bond donors (Lipinski definition) is 0. The number of benzene rings is 1. The summed E-state index contributed by atoms with van der Waals surface area (Å²) in [5.41, 5.74) is 0.840. The highest BCUT2D eigenvalue weighted by Gasteiger charge is 2.04. The van der Waals surface area contributed by atoms with Gasteiger partial charge in [-0.25, -0.2) is 4.39 Å². The lowest BCUT2D eigenvalue weighted by Gasteiger charge is -2.02. The Kier molecular flexibility index (Phi) is 2.69. The molecule has 0 saturated carbocycles. The average Bonchev–Trinajstić information content (AvgIpc) is 2.05. The molecule has 0 aliphatic rings. The van der Waals surface area contributed by atoms with Crippen molar-refractivity contribution in [2.45, 2.75) is 5.38 Å². The van der Waals surface area contributed by atoms with E-state index in [1.165, 1.54) is 0 Å². The minimum atomic E-state index is -0.508. The molecule has 0 N–H and O–H groups in total. The molecule has 0 fully saturated rings. The molecular formula is C8H8ClF. The van der Waals surface area contributed by atoms with Gasteiger partial charge in [-0.1, -0.05) is 30.3 Å². The van der Waals surface area contributed by atoms with Crippen LogP contribution in [0.4, 0.5) is 4.39 Å². The molecule has 0 radical (unpaired) electrons. The van der Waals surface area contributed by atoms with Crippen LogP contribution in [0.1, 0.15) is 10.9 Å². The van der Waals surface area contributed by atoms with Crippen molar-refractivity contribution in [1.82, 2.24) is 0 Å². The lowest BCUT2D eigenvalue weighted by Crippen LogP contribution is -1.90. The van der Waals surface area contributed by atoms with Crippen LogP contribution in [0.15, 0.2) is 30.3 Å². The minimum absolute atomic E-state index is 0.485. The molecule has 0 aliphatic carbocycles. The molecule has 0 aliphatic heterocycles. The van der Waals surface area contributed by atoms with Crippen LogP contribution < -0.4 is 0 Å². The SMILES string of the molecule is FC[C@@H](Cl)c1ccccc1. The Labute approximate surface area is 64.6 Å². The molecule has 2 heteroatoms. The van der Waals surface area contributed by atoms with E-state index < -0.39 is 12.1 Å². The van der Waals surface area contributed by atoms with Gasteiger partial charge in [0, 0.05) is 0 Å². The van der Waals surface area contributed by atoms with Crippen LogP contribution in [-0.4, -0.2) is 6.67 Å². The van der Waals surface area contributed by atoms with Gasteiger partial charge in [0.25, 0.3) is 0 Å². The number of alkyl halides is 2. The van der Waals surface area contributed by atoms with Gasteiger partial charge in [-0.2, -0.15) is 0 Å². The normalized spacial score (nSPS) is 13.0. The summed E-state index contributed by atoms with van der Waals surface area (Å²) in [5, 5.41) is -0.485. The monoisotopic (exact) mass is 158 g/mol. The Morgan fingerprint density at radius 2 is 1.90 bits per heavy atom. The van der Waals surface area contributed by atoms with Gasteiger partial charge in [0.2, 0.25) is 0 Å². The van der Waals surface area contributed by atoms with Crippen molar-refractivity contribution in [2.75, 3.05) is 6.67 Å². The molecule has 0 bridgehead atoms. The highest BCUT2D eigenvalue weighted by molar-refractivity contribution is 6.20. The van der Waals surface area contributed by atoms with Gasteiger partial charge in [-0.05, 0) is 5.56 Å². The molecule has 1 atom stereocenters. The van der Waals surface area contributed by atoms with Gasteiger partial charge in [0.15, 0.2) is 0 Å². The number of hydrogen-bond acceptors (Lipinski definition) is 0. The molecular weight excluding hydrogens is 151 g/mol. The maximum Gasteiger partial charge on any atom is 0.110 e. The zero-order chi connectivity index (χ0) is 7.40. The van der Waals surface area contributed by atoms with Crippen LogP contribution in [0.25, 0.3) is 0 Å². The third-order valence-electron chi connectivity index (χ3n) is 1.30. The van der Waals surface area contributed by atoms with E-state index in [0.29, 0.717) is 0 Å². The maximum absolute atomic E-state index is 11.9. The fourth-order valence-electron chi connectivity index (χ4n) is 0.751. The van der Waals surface area contributed by atoms with Crippen molar-refractivity contribution in [1.29, 1.82) is 0 Å². The van der Waals surface area contributed by atoms with E-state index in [0.717, 1.165) is 5.56 Å². The Morgan fingerprint density at radius 1 is 1.30 bits per heavy atom. The topological polar surface area (TPSA) is 0 Å². The quantitative estimate of drug-likeness (QED) is 0.581. The van der Waals surface area contributed by atoms with Crippen LogP contribution in [0.5, 0.6) is 0 Å². The number of rotatable bonds is 2. The molecule has 0 unspecified atom stereocenters. The van der Waals surface area contributed by atoms with Gasteiger partial charge in [0.05, 0.1) is 5.38 Å². The summed E-state index contributed by atoms with van der Waals surface area (Å²) in [5.74, 6) is 0. The first-order chi connectivity index (χ1) is 4.84. The van der Waals surface area contributed by atoms with E-state index in [4.69, 9.17) is 11.6 Å². The molecule has 10 heavy (non-hydrogen) atoms. The molecule has 1 rings (SSSR count). The Morgan fingerprint density at radius 3 is 2.40 bits per heavy atom. The predicted octanol–water partition coefficient (Wildman–Crippen LogP) is 2.94. The predicted molar refractivity (Wildman–Crippen MR) is 41.0 cm³/mol. The molecule has 0 heterocycles. The van der Waals surface area contributed by atoms with E-state index in [2.05, 4.69) is 0 Å². The van der Waals surface area contributed by atoms with Gasteiger partial charge >= 0.3 is 0 Å². The lowest BCUT2D eigenvalue weighted by molar-refractivity contribution is 0.486. The lowest BCUT2D eigenvalue weighted by atomic mass is 10.2. The van der Waals surface area contributed by atoms with Crippen LogP contribution in [0.3, 0.4) is 0 Å². The summed E-state index contributed by atoms with van der Waals surface area (Å²) in [6, 6.07) is 9.21. The first kappa shape index (κ1) is 7.55. The van der Waals surface area contributed by atoms with Crippen molar-refractivity contribution in [3.05, 3.63) is 35.9 Å². The molecule has 0 nitrogen and oxygen atoms in total. The third kappa shape index (κ3) is 1.71. The number of halogens is 2. The molecule has 0 aromatic heterocycles. The maximum atomic E-state index is 11.9. The molecule has 1 aromatic carbocycles. The Balaban J connectivity index is 2.75. The Bertz CT molecular complexity index is 186. The summed E-state index contributed by atoms with van der Waals surface area (Å²) < 4.78 is 11.9. The van der Waals surface area contributed by atoms with E-state index in [9.17, 15) is 4.39 Å². The summed E-state index contributed by atoms with van der Waals surface area (Å²) in [4.78, 5) is 0. The summed E-state index contributed by atoms with van der Waals surface area (Å²) in [6.45, 7) is -0.508. The standard InChI is InChI=1S/C8H8ClF/c9-8(6-10)7-4-2-1-3-5-7/h1-5,8H,6H2/t8-/m1/s1. The van der Waals surface area contributed by atoms with Crippen LogP contribution in [0, 0.1) is 0 Å². The van der Waals surface area contributed by atoms with Gasteiger partial charge in [0.1, 0.15) is 6.67 Å². The largest absolute Gasteiger partial charge is 0.249 e. The van der Waals surface area contributed by atoms with E-state index >= 15 is 0 Å². The van der Waals surface area contributed by atoms with Crippen molar-refractivity contribution in [3.63, 3.8) is 0 Å². The molecule has 0 spiro atoms. The first-order valence-electron chi connectivity index (χ1n) is 3.09. The highest BCUT2D eigenvalue weighted by atomic mass is 35.5. The summed E-state index contributed by atoms with van der Waals surface area (Å²) in [7, 11) is 0. The summed E-state index contributed by atoms with van der Waals surface area (Å²) in [6.07, 6.45) is 0. The fourth-order valence-corrected chi connectivity index (χ4v) is 0.896. The zero-order valence-electron chi connectivity index (χ0n) is 5.43. The molecule has 54 valence electrons. The smallest absolute Gasteiger partial charge is 0.110 e. The second-order valence-corrected chi connectivity index (χ2v) is 2.56. The first-order valence-corrected chi connectivity index (χ1v) is 3.53. The van der Waals surface area contributed by atoms with Gasteiger partial charge in [-0.15, -0.1) is 11.6 Å².